The molecule has 146 valence electrons. The van der Waals surface area contributed by atoms with Crippen molar-refractivity contribution in [3.8, 4) is 0 Å². The molecule has 6 nitrogen and oxygen atoms in total. The first-order chi connectivity index (χ1) is 12.2. The van der Waals surface area contributed by atoms with Gasteiger partial charge in [-0.2, -0.15) is 0 Å². The highest BCUT2D eigenvalue weighted by Gasteiger charge is 2.34. The van der Waals surface area contributed by atoms with E-state index in [2.05, 4.69) is 42.8 Å². The monoisotopic (exact) mass is 472 g/mol. The van der Waals surface area contributed by atoms with Crippen LogP contribution in [0, 0.1) is 11.8 Å². The van der Waals surface area contributed by atoms with Crippen molar-refractivity contribution in [3.63, 3.8) is 0 Å². The van der Waals surface area contributed by atoms with Gasteiger partial charge in [-0.1, -0.05) is 6.92 Å². The van der Waals surface area contributed by atoms with Crippen LogP contribution in [0.1, 0.15) is 38.6 Å². The largest absolute Gasteiger partial charge is 0.356 e. The van der Waals surface area contributed by atoms with E-state index in [1.807, 2.05) is 19.6 Å². The third-order valence-electron chi connectivity index (χ3n) is 6.27. The molecule has 0 bridgehead atoms. The molecule has 1 saturated carbocycles. The normalized spacial score (nSPS) is 30.3. The standard InChI is InChI=1S/C19H32N6.HI/c1-15-5-8-24(13-18(15)25-10-7-21-14-25)19(20-2)22-11-16-6-9-23(12-16)17-3-4-17;/h7,10,14-18H,3-6,8-9,11-13H2,1-2H3,(H,20,22);1H. The van der Waals surface area contributed by atoms with Crippen LogP contribution < -0.4 is 5.32 Å². The molecule has 3 heterocycles. The van der Waals surface area contributed by atoms with Gasteiger partial charge in [-0.25, -0.2) is 4.98 Å². The Labute approximate surface area is 174 Å². The van der Waals surface area contributed by atoms with Gasteiger partial charge >= 0.3 is 0 Å². The summed E-state index contributed by atoms with van der Waals surface area (Å²) in [5.41, 5.74) is 0. The van der Waals surface area contributed by atoms with Crippen LogP contribution in [0.25, 0.3) is 0 Å². The number of nitrogens with one attached hydrogen (secondary N) is 1. The molecule has 26 heavy (non-hydrogen) atoms. The summed E-state index contributed by atoms with van der Waals surface area (Å²) in [6.07, 6.45) is 11.3. The number of hydrogen-bond acceptors (Lipinski definition) is 3. The summed E-state index contributed by atoms with van der Waals surface area (Å²) < 4.78 is 2.26. The third-order valence-corrected chi connectivity index (χ3v) is 6.27. The predicted molar refractivity (Wildman–Crippen MR) is 116 cm³/mol. The van der Waals surface area contributed by atoms with Gasteiger partial charge in [0.2, 0.25) is 0 Å². The van der Waals surface area contributed by atoms with Crippen molar-refractivity contribution in [2.24, 2.45) is 16.8 Å². The van der Waals surface area contributed by atoms with Gasteiger partial charge in [0.1, 0.15) is 0 Å². The van der Waals surface area contributed by atoms with Crippen LogP contribution >= 0.6 is 24.0 Å². The van der Waals surface area contributed by atoms with Crippen LogP contribution in [0.4, 0.5) is 0 Å². The minimum atomic E-state index is 0. The van der Waals surface area contributed by atoms with E-state index < -0.39 is 0 Å². The molecule has 7 heteroatoms. The number of imidazole rings is 1. The molecule has 1 aromatic rings. The lowest BCUT2D eigenvalue weighted by atomic mass is 9.93. The number of piperidine rings is 1. The maximum atomic E-state index is 4.57. The molecule has 3 aliphatic rings. The summed E-state index contributed by atoms with van der Waals surface area (Å²) in [6.45, 7) is 8.06. The van der Waals surface area contributed by atoms with Crippen molar-refractivity contribution < 1.29 is 0 Å². The molecule has 1 aromatic heterocycles. The van der Waals surface area contributed by atoms with Gasteiger partial charge in [-0.15, -0.1) is 24.0 Å². The lowest BCUT2D eigenvalue weighted by Crippen LogP contribution is -2.49. The Morgan fingerprint density at radius 1 is 1.19 bits per heavy atom. The molecule has 1 aliphatic carbocycles. The quantitative estimate of drug-likeness (QED) is 0.416. The zero-order valence-electron chi connectivity index (χ0n) is 16.0. The Morgan fingerprint density at radius 3 is 2.73 bits per heavy atom. The van der Waals surface area contributed by atoms with Crippen LogP contribution in [0.15, 0.2) is 23.7 Å². The Morgan fingerprint density at radius 2 is 2.04 bits per heavy atom. The van der Waals surface area contributed by atoms with E-state index >= 15 is 0 Å². The van der Waals surface area contributed by atoms with Crippen molar-refractivity contribution in [3.05, 3.63) is 18.7 Å². The summed E-state index contributed by atoms with van der Waals surface area (Å²) in [5, 5.41) is 3.67. The molecule has 1 N–H and O–H groups in total. The first kappa shape index (κ1) is 19.9. The molecule has 3 fully saturated rings. The fourth-order valence-electron chi connectivity index (χ4n) is 4.46. The van der Waals surface area contributed by atoms with E-state index in [4.69, 9.17) is 0 Å². The van der Waals surface area contributed by atoms with Crippen LogP contribution in [-0.4, -0.2) is 71.1 Å². The summed E-state index contributed by atoms with van der Waals surface area (Å²) in [7, 11) is 1.91. The molecule has 3 unspecified atom stereocenters. The molecule has 0 spiro atoms. The molecule has 0 amide bonds. The number of rotatable bonds is 4. The molecule has 2 aliphatic heterocycles. The second-order valence-electron chi connectivity index (χ2n) is 8.10. The minimum Gasteiger partial charge on any atom is -0.356 e. The van der Waals surface area contributed by atoms with Gasteiger partial charge in [0.25, 0.3) is 0 Å². The number of nitrogens with zero attached hydrogens (tertiary/aromatic N) is 5. The number of hydrogen-bond donors (Lipinski definition) is 1. The van der Waals surface area contributed by atoms with Crippen LogP contribution in [0.2, 0.25) is 0 Å². The second-order valence-corrected chi connectivity index (χ2v) is 8.10. The van der Waals surface area contributed by atoms with E-state index in [0.717, 1.165) is 37.6 Å². The summed E-state index contributed by atoms with van der Waals surface area (Å²) in [5.74, 6) is 2.51. The second kappa shape index (κ2) is 8.91. The fourth-order valence-corrected chi connectivity index (χ4v) is 4.46. The molecule has 0 radical (unpaired) electrons. The van der Waals surface area contributed by atoms with Gasteiger partial charge in [-0.05, 0) is 44.1 Å². The zero-order valence-corrected chi connectivity index (χ0v) is 18.4. The predicted octanol–water partition coefficient (Wildman–Crippen LogP) is 2.44. The third kappa shape index (κ3) is 4.52. The average Bonchev–Trinajstić information content (AvgIpc) is 3.13. The Bertz CT molecular complexity index is 585. The topological polar surface area (TPSA) is 48.7 Å². The van der Waals surface area contributed by atoms with Crippen molar-refractivity contribution >= 4 is 29.9 Å². The van der Waals surface area contributed by atoms with Crippen LogP contribution in [-0.2, 0) is 0 Å². The fraction of sp³-hybridized carbons (Fsp3) is 0.789. The van der Waals surface area contributed by atoms with E-state index in [-0.39, 0.29) is 24.0 Å². The molecular weight excluding hydrogens is 439 g/mol. The van der Waals surface area contributed by atoms with E-state index in [1.54, 1.807) is 0 Å². The number of aromatic nitrogens is 2. The number of aliphatic imine (C=N–C) groups is 1. The lowest BCUT2D eigenvalue weighted by Gasteiger charge is -2.39. The van der Waals surface area contributed by atoms with Gasteiger partial charge in [0, 0.05) is 51.7 Å². The molecule has 0 aromatic carbocycles. The number of likely N-dealkylation sites (tertiary alicyclic amines) is 2. The Hall–Kier alpha value is -0.830. The maximum Gasteiger partial charge on any atom is 0.193 e. The van der Waals surface area contributed by atoms with E-state index in [0.29, 0.717) is 12.0 Å². The minimum absolute atomic E-state index is 0. The highest BCUT2D eigenvalue weighted by Crippen LogP contribution is 2.31. The van der Waals surface area contributed by atoms with Crippen LogP contribution in [0.3, 0.4) is 0 Å². The summed E-state index contributed by atoms with van der Waals surface area (Å²) in [6, 6.07) is 1.38. The smallest absolute Gasteiger partial charge is 0.193 e. The molecule has 2 saturated heterocycles. The molecule has 4 rings (SSSR count). The van der Waals surface area contributed by atoms with Crippen LogP contribution in [0.5, 0.6) is 0 Å². The van der Waals surface area contributed by atoms with Gasteiger partial charge in [0.15, 0.2) is 5.96 Å². The first-order valence-corrected chi connectivity index (χ1v) is 9.91. The van der Waals surface area contributed by atoms with Crippen molar-refractivity contribution in [1.29, 1.82) is 0 Å². The molecule has 3 atom stereocenters. The summed E-state index contributed by atoms with van der Waals surface area (Å²) >= 11 is 0. The maximum absolute atomic E-state index is 4.57. The Balaban J connectivity index is 0.00000196. The zero-order chi connectivity index (χ0) is 17.2. The lowest BCUT2D eigenvalue weighted by molar-refractivity contribution is 0.188. The van der Waals surface area contributed by atoms with Crippen molar-refractivity contribution in [2.75, 3.05) is 39.8 Å². The van der Waals surface area contributed by atoms with Gasteiger partial charge in [0.05, 0.1) is 12.4 Å². The number of guanidine groups is 1. The van der Waals surface area contributed by atoms with E-state index in [9.17, 15) is 0 Å². The number of halogens is 1. The Kier molecular flexibility index (Phi) is 6.82. The molecular formula is C19H33IN6. The average molecular weight is 472 g/mol. The van der Waals surface area contributed by atoms with Crippen molar-refractivity contribution in [1.82, 2.24) is 24.7 Å². The highest BCUT2D eigenvalue weighted by atomic mass is 127. The van der Waals surface area contributed by atoms with Gasteiger partial charge < -0.3 is 19.7 Å². The SMILES string of the molecule is CN=C(NCC1CCN(C2CC2)C1)N1CCC(C)C(n2ccnc2)C1.I. The highest BCUT2D eigenvalue weighted by molar-refractivity contribution is 14.0. The summed E-state index contributed by atoms with van der Waals surface area (Å²) in [4.78, 5) is 13.9. The van der Waals surface area contributed by atoms with Gasteiger partial charge in [-0.3, -0.25) is 4.99 Å². The van der Waals surface area contributed by atoms with E-state index in [1.165, 1.54) is 38.8 Å². The first-order valence-electron chi connectivity index (χ1n) is 9.91. The van der Waals surface area contributed by atoms with Crippen molar-refractivity contribution in [2.45, 2.75) is 44.7 Å².